The van der Waals surface area contributed by atoms with Gasteiger partial charge in [0, 0.05) is 17.9 Å². The minimum absolute atomic E-state index is 0. The van der Waals surface area contributed by atoms with E-state index >= 15 is 0 Å². The van der Waals surface area contributed by atoms with Gasteiger partial charge in [0.2, 0.25) is 0 Å². The van der Waals surface area contributed by atoms with E-state index in [4.69, 9.17) is 9.47 Å². The summed E-state index contributed by atoms with van der Waals surface area (Å²) in [5.41, 5.74) is 3.78. The Kier molecular flexibility index (Phi) is 17.5. The fourth-order valence-corrected chi connectivity index (χ4v) is 5.83. The molecule has 2 aromatic rings. The van der Waals surface area contributed by atoms with Gasteiger partial charge in [0.25, 0.3) is 0 Å². The lowest BCUT2D eigenvalue weighted by molar-refractivity contribution is -0.0000118. The number of halogens is 1. The third-order valence-electron chi connectivity index (χ3n) is 7.23. The van der Waals surface area contributed by atoms with Gasteiger partial charge in [-0.2, -0.15) is 0 Å². The van der Waals surface area contributed by atoms with Gasteiger partial charge >= 0.3 is 6.03 Å². The van der Waals surface area contributed by atoms with Gasteiger partial charge < -0.3 is 42.0 Å². The number of hydrogen-bond acceptors (Lipinski definition) is 5. The molecule has 8 heteroatoms. The van der Waals surface area contributed by atoms with Crippen molar-refractivity contribution in [3.05, 3.63) is 59.1 Å². The van der Waals surface area contributed by atoms with Crippen molar-refractivity contribution in [3.8, 4) is 11.5 Å². The predicted octanol–water partition coefficient (Wildman–Crippen LogP) is 6.79. The van der Waals surface area contributed by atoms with Crippen LogP contribution in [0, 0.1) is 0 Å². The highest BCUT2D eigenvalue weighted by Gasteiger charge is 2.15. The number of carbonyl (C=O) groups excluding carboxylic acids is 1. The molecule has 0 aromatic heterocycles. The molecule has 41 heavy (non-hydrogen) atoms. The van der Waals surface area contributed by atoms with Gasteiger partial charge in [0.05, 0.1) is 25.3 Å². The van der Waals surface area contributed by atoms with E-state index in [9.17, 15) is 4.79 Å². The zero-order chi connectivity index (χ0) is 28.4. The molecule has 0 bridgehead atoms. The van der Waals surface area contributed by atoms with Gasteiger partial charge in [0.1, 0.15) is 0 Å². The van der Waals surface area contributed by atoms with Gasteiger partial charge in [-0.1, -0.05) is 95.8 Å². The SMILES string of the molecule is CCCCCCCCCCCCCCOc1c(NC(=O)Nc2cccc(CN3CSC=C3C)c2)cccc1OC.[Br-]. The van der Waals surface area contributed by atoms with Crippen LogP contribution in [-0.4, -0.2) is 30.5 Å². The van der Waals surface area contributed by atoms with Crippen molar-refractivity contribution in [2.75, 3.05) is 30.2 Å². The van der Waals surface area contributed by atoms with Crippen LogP contribution in [0.25, 0.3) is 0 Å². The molecular formula is C33H49BrN3O3S-. The maximum atomic E-state index is 12.9. The molecule has 0 unspecified atom stereocenters. The summed E-state index contributed by atoms with van der Waals surface area (Å²) in [4.78, 5) is 15.2. The van der Waals surface area contributed by atoms with Crippen LogP contribution < -0.4 is 37.1 Å². The van der Waals surface area contributed by atoms with Crippen molar-refractivity contribution in [1.29, 1.82) is 0 Å². The van der Waals surface area contributed by atoms with Gasteiger partial charge in [0.15, 0.2) is 11.5 Å². The summed E-state index contributed by atoms with van der Waals surface area (Å²) < 4.78 is 11.7. The highest BCUT2D eigenvalue weighted by Crippen LogP contribution is 2.35. The summed E-state index contributed by atoms with van der Waals surface area (Å²) in [6.45, 7) is 5.81. The molecule has 0 radical (unpaired) electrons. The second-order valence-corrected chi connectivity index (χ2v) is 11.4. The number of urea groups is 1. The van der Waals surface area contributed by atoms with Gasteiger partial charge in [-0.05, 0) is 48.6 Å². The fraction of sp³-hybridized carbons (Fsp3) is 0.545. The second-order valence-electron chi connectivity index (χ2n) is 10.6. The van der Waals surface area contributed by atoms with E-state index in [0.717, 1.165) is 36.5 Å². The molecule has 1 aliphatic heterocycles. The summed E-state index contributed by atoms with van der Waals surface area (Å²) in [6.07, 6.45) is 15.6. The molecule has 1 heterocycles. The summed E-state index contributed by atoms with van der Waals surface area (Å²) >= 11 is 1.81. The number of amides is 2. The van der Waals surface area contributed by atoms with E-state index in [1.807, 2.05) is 36.4 Å². The molecule has 2 amide bonds. The minimum Gasteiger partial charge on any atom is -1.00 e. The number of nitrogens with zero attached hydrogens (tertiary/aromatic N) is 1. The highest BCUT2D eigenvalue weighted by atomic mass is 79.9. The number of nitrogens with one attached hydrogen (secondary N) is 2. The molecule has 0 atom stereocenters. The summed E-state index contributed by atoms with van der Waals surface area (Å²) in [7, 11) is 1.62. The predicted molar refractivity (Wildman–Crippen MR) is 170 cm³/mol. The average Bonchev–Trinajstić information content (AvgIpc) is 3.35. The Morgan fingerprint density at radius 1 is 0.902 bits per heavy atom. The van der Waals surface area contributed by atoms with E-state index in [-0.39, 0.29) is 23.0 Å². The number of benzene rings is 2. The number of para-hydroxylation sites is 1. The normalized spacial score (nSPS) is 12.5. The van der Waals surface area contributed by atoms with Crippen LogP contribution in [0.15, 0.2) is 53.6 Å². The lowest BCUT2D eigenvalue weighted by Gasteiger charge is -2.19. The largest absolute Gasteiger partial charge is 1.00 e. The molecule has 3 rings (SSSR count). The molecule has 0 saturated carbocycles. The van der Waals surface area contributed by atoms with Crippen LogP contribution in [-0.2, 0) is 6.54 Å². The zero-order valence-electron chi connectivity index (χ0n) is 25.2. The van der Waals surface area contributed by atoms with Crippen LogP contribution in [0.4, 0.5) is 16.2 Å². The molecular weight excluding hydrogens is 598 g/mol. The number of methoxy groups -OCH3 is 1. The third-order valence-corrected chi connectivity index (χ3v) is 8.20. The molecule has 2 aromatic carbocycles. The first-order chi connectivity index (χ1) is 19.6. The number of thioether (sulfide) groups is 1. The average molecular weight is 648 g/mol. The van der Waals surface area contributed by atoms with Crippen LogP contribution in [0.2, 0.25) is 0 Å². The van der Waals surface area contributed by atoms with Gasteiger partial charge in [-0.3, -0.25) is 0 Å². The monoisotopic (exact) mass is 646 g/mol. The molecule has 0 fully saturated rings. The van der Waals surface area contributed by atoms with Crippen molar-refractivity contribution < 1.29 is 31.2 Å². The Balaban J connectivity index is 0.00000588. The number of hydrogen-bond donors (Lipinski definition) is 2. The van der Waals surface area contributed by atoms with Crippen LogP contribution in [0.3, 0.4) is 0 Å². The minimum atomic E-state index is -0.312. The standard InChI is InChI=1S/C33H49N3O3S.BrH/c1-4-5-6-7-8-9-10-11-12-13-14-15-22-39-32-30(20-17-21-31(32)38-3)35-33(37)34-29-19-16-18-28(23-29)24-36-26-40-25-27(36)2;/h16-21,23,25H,4-15,22,24,26H2,1-3H3,(H2,34,35,37);1H/p-1. The molecule has 0 aliphatic carbocycles. The van der Waals surface area contributed by atoms with E-state index in [0.29, 0.717) is 23.8 Å². The number of rotatable bonds is 19. The Hall–Kier alpha value is -2.32. The van der Waals surface area contributed by atoms with E-state index < -0.39 is 0 Å². The summed E-state index contributed by atoms with van der Waals surface area (Å²) in [5, 5.41) is 8.10. The maximum absolute atomic E-state index is 12.9. The van der Waals surface area contributed by atoms with Crippen molar-refractivity contribution in [3.63, 3.8) is 0 Å². The smallest absolute Gasteiger partial charge is 0.323 e. The van der Waals surface area contributed by atoms with Crippen LogP contribution in [0.5, 0.6) is 11.5 Å². The molecule has 0 spiro atoms. The highest BCUT2D eigenvalue weighted by molar-refractivity contribution is 8.02. The summed E-state index contributed by atoms with van der Waals surface area (Å²) in [6, 6.07) is 13.2. The second kappa shape index (κ2) is 20.5. The zero-order valence-corrected chi connectivity index (χ0v) is 27.6. The van der Waals surface area contributed by atoms with Crippen LogP contribution >= 0.6 is 11.8 Å². The lowest BCUT2D eigenvalue weighted by Crippen LogP contribution is -3.00. The van der Waals surface area contributed by atoms with Crippen molar-refractivity contribution in [1.82, 2.24) is 4.90 Å². The first kappa shape index (κ1) is 34.9. The fourth-order valence-electron chi connectivity index (χ4n) is 4.89. The molecule has 228 valence electrons. The Morgan fingerprint density at radius 2 is 1.56 bits per heavy atom. The molecule has 1 aliphatic rings. The molecule has 6 nitrogen and oxygen atoms in total. The van der Waals surface area contributed by atoms with Gasteiger partial charge in [-0.15, -0.1) is 11.8 Å². The quantitative estimate of drug-likeness (QED) is 0.165. The number of carbonyl (C=O) groups is 1. The number of allylic oxidation sites excluding steroid dienone is 1. The Labute approximate surface area is 262 Å². The summed E-state index contributed by atoms with van der Waals surface area (Å²) in [5.74, 6) is 2.15. The van der Waals surface area contributed by atoms with E-state index in [1.165, 1.54) is 69.9 Å². The Morgan fingerprint density at radius 3 is 2.20 bits per heavy atom. The van der Waals surface area contributed by atoms with Crippen molar-refractivity contribution >= 4 is 29.2 Å². The number of ether oxygens (including phenoxy) is 2. The van der Waals surface area contributed by atoms with Crippen molar-refractivity contribution in [2.45, 2.75) is 97.4 Å². The first-order valence-corrected chi connectivity index (χ1v) is 16.2. The topological polar surface area (TPSA) is 62.8 Å². The third kappa shape index (κ3) is 13.0. The van der Waals surface area contributed by atoms with Crippen LogP contribution in [0.1, 0.15) is 96.5 Å². The molecule has 2 N–H and O–H groups in total. The van der Waals surface area contributed by atoms with E-state index in [2.05, 4.69) is 40.9 Å². The first-order valence-electron chi connectivity index (χ1n) is 15.1. The maximum Gasteiger partial charge on any atom is 0.323 e. The molecule has 0 saturated heterocycles. The van der Waals surface area contributed by atoms with Crippen molar-refractivity contribution in [2.24, 2.45) is 0 Å². The van der Waals surface area contributed by atoms with E-state index in [1.54, 1.807) is 18.9 Å². The van der Waals surface area contributed by atoms with Gasteiger partial charge in [-0.25, -0.2) is 4.79 Å². The number of unbranched alkanes of at least 4 members (excludes halogenated alkanes) is 11. The Bertz CT molecular complexity index is 1070. The lowest BCUT2D eigenvalue weighted by atomic mass is 10.1. The number of anilines is 2.